The molecule has 1 atom stereocenters. The molecule has 41 heavy (non-hydrogen) atoms. The lowest BCUT2D eigenvalue weighted by Gasteiger charge is -2.38. The van der Waals surface area contributed by atoms with Crippen LogP contribution in [0.1, 0.15) is 44.2 Å². The zero-order valence-electron chi connectivity index (χ0n) is 22.9. The molecule has 0 bridgehead atoms. The second-order valence-electron chi connectivity index (χ2n) is 11.0. The van der Waals surface area contributed by atoms with Gasteiger partial charge in [-0.25, -0.2) is 9.97 Å². The van der Waals surface area contributed by atoms with E-state index in [9.17, 15) is 18.0 Å². The van der Waals surface area contributed by atoms with Gasteiger partial charge in [0.25, 0.3) is 0 Å². The number of aromatic nitrogens is 5. The zero-order chi connectivity index (χ0) is 28.6. The molecule has 3 aromatic heterocycles. The van der Waals surface area contributed by atoms with Gasteiger partial charge in [0.05, 0.1) is 17.2 Å². The van der Waals surface area contributed by atoms with Crippen LogP contribution < -0.4 is 5.32 Å². The fraction of sp³-hybridized carbons (Fsp3) is 0.448. The summed E-state index contributed by atoms with van der Waals surface area (Å²) in [6.45, 7) is 4.57. The number of rotatable bonds is 8. The van der Waals surface area contributed by atoms with Crippen molar-refractivity contribution in [1.82, 2.24) is 34.5 Å². The van der Waals surface area contributed by atoms with Crippen LogP contribution in [0.15, 0.2) is 48.9 Å². The maximum absolute atomic E-state index is 12.6. The number of nitrogens with zero attached hydrogens (tertiary/aromatic N) is 6. The van der Waals surface area contributed by atoms with E-state index in [1.807, 2.05) is 36.0 Å². The highest BCUT2D eigenvalue weighted by molar-refractivity contribution is 5.83. The van der Waals surface area contributed by atoms with Crippen molar-refractivity contribution >= 4 is 28.7 Å². The van der Waals surface area contributed by atoms with Crippen molar-refractivity contribution < 1.29 is 18.0 Å². The molecule has 9 nitrogen and oxygen atoms in total. The second kappa shape index (κ2) is 11.2. The molecule has 6 rings (SSSR count). The molecule has 1 saturated heterocycles. The van der Waals surface area contributed by atoms with Crippen LogP contribution in [0.4, 0.5) is 24.9 Å². The van der Waals surface area contributed by atoms with Crippen molar-refractivity contribution in [3.8, 4) is 11.1 Å². The summed E-state index contributed by atoms with van der Waals surface area (Å²) in [6.07, 6.45) is 3.74. The van der Waals surface area contributed by atoms with Crippen LogP contribution in [0, 0.1) is 5.92 Å². The van der Waals surface area contributed by atoms with Crippen molar-refractivity contribution in [2.75, 3.05) is 31.5 Å². The molecule has 1 saturated carbocycles. The third-order valence-corrected chi connectivity index (χ3v) is 8.20. The van der Waals surface area contributed by atoms with Crippen LogP contribution in [0.3, 0.4) is 0 Å². The van der Waals surface area contributed by atoms with Gasteiger partial charge in [-0.3, -0.25) is 14.4 Å². The molecule has 2 N–H and O–H groups in total. The molecule has 0 spiro atoms. The van der Waals surface area contributed by atoms with E-state index in [-0.39, 0.29) is 19.1 Å². The first-order valence-corrected chi connectivity index (χ1v) is 14.0. The van der Waals surface area contributed by atoms with Crippen LogP contribution in [-0.2, 0) is 11.3 Å². The lowest BCUT2D eigenvalue weighted by atomic mass is 9.85. The Balaban J connectivity index is 1.09. The molecule has 1 amide bonds. The summed E-state index contributed by atoms with van der Waals surface area (Å²) in [5.74, 6) is 1.09. The minimum absolute atomic E-state index is 0.00172. The highest BCUT2D eigenvalue weighted by Crippen LogP contribution is 2.30. The summed E-state index contributed by atoms with van der Waals surface area (Å²) in [5.41, 5.74) is 4.89. The van der Waals surface area contributed by atoms with E-state index in [4.69, 9.17) is 0 Å². The molecule has 1 aromatic carbocycles. The Kier molecular flexibility index (Phi) is 7.41. The van der Waals surface area contributed by atoms with Gasteiger partial charge in [0.2, 0.25) is 11.9 Å². The topological polar surface area (TPSA) is 95.0 Å². The van der Waals surface area contributed by atoms with Gasteiger partial charge in [0, 0.05) is 56.7 Å². The standard InChI is InChI=1S/C29H33F3N8O/c1-19(38-9-11-39(12-10-38)27(41)15-29(30,31)32)21-7-8-33-26(14-21)37-28-35-24-6-5-22(13-25(24)36-28)23-16-34-40(18-23)17-20-3-2-4-20/h5-8,13-14,16,18-20H,2-4,9-12,15,17H2,1H3,(H2,33,35,36,37). The number of H-pyrrole nitrogens is 1. The number of amides is 1. The molecular formula is C29H33F3N8O. The first-order valence-electron chi connectivity index (χ1n) is 14.0. The van der Waals surface area contributed by atoms with Gasteiger partial charge in [-0.15, -0.1) is 0 Å². The Morgan fingerprint density at radius 1 is 1.12 bits per heavy atom. The van der Waals surface area contributed by atoms with Crippen molar-refractivity contribution in [2.45, 2.75) is 51.4 Å². The third-order valence-electron chi connectivity index (χ3n) is 8.20. The summed E-state index contributed by atoms with van der Waals surface area (Å²) in [5, 5.41) is 7.81. The Bertz CT molecular complexity index is 1520. The number of halogens is 3. The monoisotopic (exact) mass is 566 g/mol. The average Bonchev–Trinajstić information content (AvgIpc) is 3.56. The Morgan fingerprint density at radius 3 is 2.66 bits per heavy atom. The molecule has 216 valence electrons. The molecule has 0 radical (unpaired) electrons. The van der Waals surface area contributed by atoms with E-state index in [0.717, 1.165) is 40.2 Å². The number of imidazole rings is 1. The Labute approximate surface area is 235 Å². The summed E-state index contributed by atoms with van der Waals surface area (Å²) < 4.78 is 39.8. The molecule has 4 heterocycles. The van der Waals surface area contributed by atoms with Gasteiger partial charge >= 0.3 is 6.18 Å². The lowest BCUT2D eigenvalue weighted by molar-refractivity contribution is -0.162. The first-order chi connectivity index (χ1) is 19.7. The van der Waals surface area contributed by atoms with Gasteiger partial charge in [0.15, 0.2) is 0 Å². The van der Waals surface area contributed by atoms with Crippen LogP contribution in [0.5, 0.6) is 0 Å². The number of anilines is 2. The minimum Gasteiger partial charge on any atom is -0.340 e. The van der Waals surface area contributed by atoms with Gasteiger partial charge in [-0.05, 0) is 61.1 Å². The fourth-order valence-corrected chi connectivity index (χ4v) is 5.55. The average molecular weight is 567 g/mol. The number of hydrogen-bond acceptors (Lipinski definition) is 6. The van der Waals surface area contributed by atoms with E-state index in [2.05, 4.69) is 48.6 Å². The van der Waals surface area contributed by atoms with Crippen LogP contribution in [-0.4, -0.2) is 72.8 Å². The smallest absolute Gasteiger partial charge is 0.340 e. The van der Waals surface area contributed by atoms with Gasteiger partial charge in [0.1, 0.15) is 12.2 Å². The van der Waals surface area contributed by atoms with Crippen LogP contribution >= 0.6 is 0 Å². The highest BCUT2D eigenvalue weighted by atomic mass is 19.4. The number of hydrogen-bond donors (Lipinski definition) is 2. The Hall–Kier alpha value is -3.93. The number of pyridine rings is 1. The van der Waals surface area contributed by atoms with E-state index in [1.165, 1.54) is 24.2 Å². The quantitative estimate of drug-likeness (QED) is 0.292. The second-order valence-corrected chi connectivity index (χ2v) is 11.0. The molecule has 1 aliphatic heterocycles. The number of nitrogens with one attached hydrogen (secondary N) is 2. The molecule has 4 aromatic rings. The molecule has 12 heteroatoms. The van der Waals surface area contributed by atoms with Crippen molar-refractivity contribution in [3.63, 3.8) is 0 Å². The highest BCUT2D eigenvalue weighted by Gasteiger charge is 2.35. The molecule has 1 aliphatic carbocycles. The summed E-state index contributed by atoms with van der Waals surface area (Å²) in [7, 11) is 0. The minimum atomic E-state index is -4.48. The van der Waals surface area contributed by atoms with Crippen molar-refractivity contribution in [2.24, 2.45) is 5.92 Å². The van der Waals surface area contributed by atoms with E-state index in [1.54, 1.807) is 6.20 Å². The largest absolute Gasteiger partial charge is 0.397 e. The van der Waals surface area contributed by atoms with Crippen molar-refractivity contribution in [1.29, 1.82) is 0 Å². The number of aromatic amines is 1. The number of benzene rings is 1. The SMILES string of the molecule is CC(c1ccnc(Nc2nc3ccc(-c4cnn(CC5CCC5)c4)cc3[nH]2)c1)N1CCN(C(=O)CC(F)(F)F)CC1. The van der Waals surface area contributed by atoms with E-state index < -0.39 is 18.5 Å². The summed E-state index contributed by atoms with van der Waals surface area (Å²) in [6, 6.07) is 9.98. The molecule has 1 unspecified atom stereocenters. The molecular weight excluding hydrogens is 533 g/mol. The molecule has 2 fully saturated rings. The number of piperazine rings is 1. The van der Waals surface area contributed by atoms with Crippen LogP contribution in [0.2, 0.25) is 0 Å². The van der Waals surface area contributed by atoms with Gasteiger partial charge in [-0.2, -0.15) is 18.3 Å². The first kappa shape index (κ1) is 27.3. The predicted octanol–water partition coefficient (Wildman–Crippen LogP) is 5.52. The van der Waals surface area contributed by atoms with Crippen molar-refractivity contribution in [3.05, 3.63) is 54.5 Å². The van der Waals surface area contributed by atoms with Gasteiger partial charge in [-0.1, -0.05) is 12.5 Å². The number of alkyl halides is 3. The number of carbonyl (C=O) groups excluding carboxylic acids is 1. The number of carbonyl (C=O) groups is 1. The lowest BCUT2D eigenvalue weighted by Crippen LogP contribution is -2.50. The van der Waals surface area contributed by atoms with Gasteiger partial charge < -0.3 is 15.2 Å². The summed E-state index contributed by atoms with van der Waals surface area (Å²) >= 11 is 0. The van der Waals surface area contributed by atoms with Crippen LogP contribution in [0.25, 0.3) is 22.2 Å². The fourth-order valence-electron chi connectivity index (χ4n) is 5.55. The predicted molar refractivity (Wildman–Crippen MR) is 149 cm³/mol. The zero-order valence-corrected chi connectivity index (χ0v) is 22.9. The van der Waals surface area contributed by atoms with E-state index in [0.29, 0.717) is 24.9 Å². The maximum atomic E-state index is 12.6. The maximum Gasteiger partial charge on any atom is 0.397 e. The van der Waals surface area contributed by atoms with E-state index >= 15 is 0 Å². The normalized spacial score (nSPS) is 17.5. The third kappa shape index (κ3) is 6.37. The Morgan fingerprint density at radius 2 is 1.93 bits per heavy atom. The molecule has 2 aliphatic rings. The number of fused-ring (bicyclic) bond motifs is 1. The summed E-state index contributed by atoms with van der Waals surface area (Å²) in [4.78, 5) is 27.8.